The molecule has 1 nitrogen and oxygen atoms in total. The molecule has 0 unspecified atom stereocenters. The van der Waals surface area contributed by atoms with Gasteiger partial charge in [0.2, 0.25) is 0 Å². The SMILES string of the molecule is Cc1ccc(F)c(-c2cc(F)ccc2CNC(C)C)c1. The number of hydrogen-bond donors (Lipinski definition) is 1. The molecule has 0 aromatic heterocycles. The van der Waals surface area contributed by atoms with E-state index in [-0.39, 0.29) is 11.6 Å². The lowest BCUT2D eigenvalue weighted by atomic mass is 9.97. The Labute approximate surface area is 118 Å². The Hall–Kier alpha value is -1.74. The Morgan fingerprint density at radius 1 is 1.00 bits per heavy atom. The van der Waals surface area contributed by atoms with Crippen LogP contribution >= 0.6 is 0 Å². The predicted molar refractivity (Wildman–Crippen MR) is 78.5 cm³/mol. The van der Waals surface area contributed by atoms with Crippen molar-refractivity contribution in [2.24, 2.45) is 0 Å². The molecule has 0 aliphatic rings. The molecule has 0 bridgehead atoms. The summed E-state index contributed by atoms with van der Waals surface area (Å²) in [6.07, 6.45) is 0. The van der Waals surface area contributed by atoms with E-state index in [9.17, 15) is 8.78 Å². The minimum Gasteiger partial charge on any atom is -0.310 e. The van der Waals surface area contributed by atoms with Crippen LogP contribution in [0, 0.1) is 18.6 Å². The van der Waals surface area contributed by atoms with E-state index in [1.54, 1.807) is 18.2 Å². The third-order valence-electron chi connectivity index (χ3n) is 3.18. The number of rotatable bonds is 4. The van der Waals surface area contributed by atoms with Crippen molar-refractivity contribution in [1.29, 1.82) is 0 Å². The Morgan fingerprint density at radius 2 is 1.75 bits per heavy atom. The molecule has 2 aromatic carbocycles. The summed E-state index contributed by atoms with van der Waals surface area (Å²) in [6, 6.07) is 9.73. The van der Waals surface area contributed by atoms with Gasteiger partial charge in [-0.25, -0.2) is 8.78 Å². The molecule has 106 valence electrons. The average Bonchev–Trinajstić information content (AvgIpc) is 2.40. The van der Waals surface area contributed by atoms with Crippen LogP contribution in [0.25, 0.3) is 11.1 Å². The normalized spacial score (nSPS) is 11.1. The molecule has 0 radical (unpaired) electrons. The standard InChI is InChI=1S/C17H19F2N/c1-11(2)20-10-13-5-6-14(18)9-15(13)16-8-12(3)4-7-17(16)19/h4-9,11,20H,10H2,1-3H3. The molecule has 0 saturated carbocycles. The van der Waals surface area contributed by atoms with Crippen LogP contribution in [0.1, 0.15) is 25.0 Å². The van der Waals surface area contributed by atoms with Crippen LogP contribution in [-0.4, -0.2) is 6.04 Å². The lowest BCUT2D eigenvalue weighted by Crippen LogP contribution is -2.22. The van der Waals surface area contributed by atoms with Crippen molar-refractivity contribution < 1.29 is 8.78 Å². The first-order valence-corrected chi connectivity index (χ1v) is 6.75. The quantitative estimate of drug-likeness (QED) is 0.870. The fourth-order valence-corrected chi connectivity index (χ4v) is 2.11. The lowest BCUT2D eigenvalue weighted by Gasteiger charge is -2.14. The Morgan fingerprint density at radius 3 is 2.45 bits per heavy atom. The molecule has 3 heteroatoms. The van der Waals surface area contributed by atoms with Gasteiger partial charge in [0.1, 0.15) is 11.6 Å². The van der Waals surface area contributed by atoms with Gasteiger partial charge in [0, 0.05) is 18.2 Å². The van der Waals surface area contributed by atoms with Gasteiger partial charge in [-0.1, -0.05) is 31.5 Å². The first-order valence-electron chi connectivity index (χ1n) is 6.75. The van der Waals surface area contributed by atoms with E-state index in [0.29, 0.717) is 23.7 Å². The van der Waals surface area contributed by atoms with E-state index in [0.717, 1.165) is 11.1 Å². The van der Waals surface area contributed by atoms with Crippen LogP contribution in [0.4, 0.5) is 8.78 Å². The second-order valence-electron chi connectivity index (χ2n) is 5.32. The van der Waals surface area contributed by atoms with Crippen LogP contribution in [-0.2, 0) is 6.54 Å². The highest BCUT2D eigenvalue weighted by atomic mass is 19.1. The number of halogens is 2. The first kappa shape index (κ1) is 14.7. The zero-order valence-electron chi connectivity index (χ0n) is 12.0. The number of aryl methyl sites for hydroxylation is 1. The molecule has 1 N–H and O–H groups in total. The zero-order chi connectivity index (χ0) is 14.7. The van der Waals surface area contributed by atoms with Crippen LogP contribution in [0.15, 0.2) is 36.4 Å². The van der Waals surface area contributed by atoms with E-state index >= 15 is 0 Å². The van der Waals surface area contributed by atoms with Crippen molar-refractivity contribution in [3.05, 3.63) is 59.2 Å². The summed E-state index contributed by atoms with van der Waals surface area (Å²) in [6.45, 7) is 6.56. The molecule has 0 aliphatic heterocycles. The van der Waals surface area contributed by atoms with Crippen molar-refractivity contribution in [2.45, 2.75) is 33.4 Å². The van der Waals surface area contributed by atoms with Crippen LogP contribution < -0.4 is 5.32 Å². The van der Waals surface area contributed by atoms with Crippen molar-refractivity contribution in [3.8, 4) is 11.1 Å². The number of hydrogen-bond acceptors (Lipinski definition) is 1. The van der Waals surface area contributed by atoms with E-state index in [1.807, 2.05) is 20.8 Å². The van der Waals surface area contributed by atoms with Crippen molar-refractivity contribution in [3.63, 3.8) is 0 Å². The molecule has 0 saturated heterocycles. The summed E-state index contributed by atoms with van der Waals surface area (Å²) in [4.78, 5) is 0. The Kier molecular flexibility index (Phi) is 4.50. The van der Waals surface area contributed by atoms with Gasteiger partial charge in [0.25, 0.3) is 0 Å². The molecular weight excluding hydrogens is 256 g/mol. The van der Waals surface area contributed by atoms with Gasteiger partial charge >= 0.3 is 0 Å². The van der Waals surface area contributed by atoms with Crippen LogP contribution in [0.5, 0.6) is 0 Å². The van der Waals surface area contributed by atoms with Crippen molar-refractivity contribution in [1.82, 2.24) is 5.32 Å². The second kappa shape index (κ2) is 6.14. The largest absolute Gasteiger partial charge is 0.310 e. The maximum Gasteiger partial charge on any atom is 0.131 e. The van der Waals surface area contributed by atoms with Gasteiger partial charge < -0.3 is 5.32 Å². The highest BCUT2D eigenvalue weighted by Crippen LogP contribution is 2.28. The summed E-state index contributed by atoms with van der Waals surface area (Å²) in [7, 11) is 0. The smallest absolute Gasteiger partial charge is 0.131 e. The molecule has 20 heavy (non-hydrogen) atoms. The summed E-state index contributed by atoms with van der Waals surface area (Å²) >= 11 is 0. The molecule has 0 amide bonds. The average molecular weight is 275 g/mol. The van der Waals surface area contributed by atoms with Gasteiger partial charge in [-0.05, 0) is 42.3 Å². The summed E-state index contributed by atoms with van der Waals surface area (Å²) in [5.74, 6) is -0.679. The summed E-state index contributed by atoms with van der Waals surface area (Å²) in [5, 5.41) is 3.28. The Balaban J connectivity index is 2.48. The van der Waals surface area contributed by atoms with Gasteiger partial charge in [0.15, 0.2) is 0 Å². The third-order valence-corrected chi connectivity index (χ3v) is 3.18. The minimum absolute atomic E-state index is 0.315. The van der Waals surface area contributed by atoms with E-state index in [1.165, 1.54) is 18.2 Å². The molecule has 2 aromatic rings. The molecule has 0 fully saturated rings. The monoisotopic (exact) mass is 275 g/mol. The molecular formula is C17H19F2N. The van der Waals surface area contributed by atoms with Gasteiger partial charge in [-0.15, -0.1) is 0 Å². The van der Waals surface area contributed by atoms with Crippen molar-refractivity contribution >= 4 is 0 Å². The summed E-state index contributed by atoms with van der Waals surface area (Å²) < 4.78 is 27.5. The fourth-order valence-electron chi connectivity index (χ4n) is 2.11. The zero-order valence-corrected chi connectivity index (χ0v) is 12.0. The van der Waals surface area contributed by atoms with E-state index in [2.05, 4.69) is 5.32 Å². The number of nitrogens with one attached hydrogen (secondary N) is 1. The van der Waals surface area contributed by atoms with E-state index < -0.39 is 0 Å². The van der Waals surface area contributed by atoms with Gasteiger partial charge in [-0.3, -0.25) is 0 Å². The predicted octanol–water partition coefficient (Wildman–Crippen LogP) is 4.44. The molecule has 0 atom stereocenters. The molecule has 0 spiro atoms. The van der Waals surface area contributed by atoms with Crippen molar-refractivity contribution in [2.75, 3.05) is 0 Å². The third kappa shape index (κ3) is 3.42. The minimum atomic E-state index is -0.353. The lowest BCUT2D eigenvalue weighted by molar-refractivity contribution is 0.586. The van der Waals surface area contributed by atoms with Gasteiger partial charge in [0.05, 0.1) is 0 Å². The molecule has 0 aliphatic carbocycles. The highest BCUT2D eigenvalue weighted by Gasteiger charge is 2.11. The molecule has 0 heterocycles. The first-order chi connectivity index (χ1) is 9.47. The molecule has 2 rings (SSSR count). The Bertz CT molecular complexity index is 606. The fraction of sp³-hybridized carbons (Fsp3) is 0.294. The van der Waals surface area contributed by atoms with Gasteiger partial charge in [-0.2, -0.15) is 0 Å². The summed E-state index contributed by atoms with van der Waals surface area (Å²) in [5.41, 5.74) is 2.91. The maximum atomic E-state index is 14.0. The van der Waals surface area contributed by atoms with E-state index in [4.69, 9.17) is 0 Å². The highest BCUT2D eigenvalue weighted by molar-refractivity contribution is 5.68. The topological polar surface area (TPSA) is 12.0 Å². The van der Waals surface area contributed by atoms with Crippen LogP contribution in [0.2, 0.25) is 0 Å². The number of benzene rings is 2. The second-order valence-corrected chi connectivity index (χ2v) is 5.32. The maximum absolute atomic E-state index is 14.0. The van der Waals surface area contributed by atoms with Crippen LogP contribution in [0.3, 0.4) is 0 Å².